The van der Waals surface area contributed by atoms with Gasteiger partial charge in [0.25, 0.3) is 0 Å². The van der Waals surface area contributed by atoms with Gasteiger partial charge < -0.3 is 18.6 Å². The lowest BCUT2D eigenvalue weighted by Crippen LogP contribution is -2.27. The first-order valence-corrected chi connectivity index (χ1v) is 7.35. The third-order valence-corrected chi connectivity index (χ3v) is 3.65. The fourth-order valence-electron chi connectivity index (χ4n) is 2.33. The maximum absolute atomic E-state index is 12.2. The number of benzene rings is 1. The van der Waals surface area contributed by atoms with Crippen molar-refractivity contribution in [3.05, 3.63) is 51.9 Å². The zero-order valence-corrected chi connectivity index (χ0v) is 14.3. The molecule has 0 fully saturated rings. The van der Waals surface area contributed by atoms with Gasteiger partial charge in [-0.05, 0) is 30.3 Å². The molecular formula is C18H15NO7. The number of hydrogen-bond donors (Lipinski definition) is 0. The highest BCUT2D eigenvalue weighted by Crippen LogP contribution is 2.28. The lowest BCUT2D eigenvalue weighted by atomic mass is 9.94. The topological polar surface area (TPSA) is 116 Å². The minimum Gasteiger partial charge on any atom is -0.497 e. The first-order chi connectivity index (χ1) is 12.5. The van der Waals surface area contributed by atoms with E-state index in [4.69, 9.17) is 9.15 Å². The maximum Gasteiger partial charge on any atom is 0.354 e. The number of rotatable bonds is 5. The summed E-state index contributed by atoms with van der Waals surface area (Å²) in [5.41, 5.74) is -1.10. The third kappa shape index (κ3) is 3.57. The first kappa shape index (κ1) is 18.7. The van der Waals surface area contributed by atoms with Crippen molar-refractivity contribution in [3.8, 4) is 23.1 Å². The molecule has 0 bridgehead atoms. The molecule has 0 N–H and O–H groups in total. The molecule has 26 heavy (non-hydrogen) atoms. The maximum atomic E-state index is 12.2. The number of ether oxygens (including phenoxy) is 3. The van der Waals surface area contributed by atoms with E-state index in [1.54, 1.807) is 30.3 Å². The van der Waals surface area contributed by atoms with E-state index in [-0.39, 0.29) is 11.3 Å². The average molecular weight is 357 g/mol. The highest BCUT2D eigenvalue weighted by molar-refractivity contribution is 6.01. The summed E-state index contributed by atoms with van der Waals surface area (Å²) in [6, 6.07) is 9.47. The number of nitriles is 1. The van der Waals surface area contributed by atoms with E-state index in [2.05, 4.69) is 9.47 Å². The fourth-order valence-corrected chi connectivity index (χ4v) is 2.33. The van der Waals surface area contributed by atoms with Crippen LogP contribution in [0, 0.1) is 11.3 Å². The zero-order valence-electron chi connectivity index (χ0n) is 14.3. The van der Waals surface area contributed by atoms with Crippen LogP contribution in [0.25, 0.3) is 11.3 Å². The number of methoxy groups -OCH3 is 3. The average Bonchev–Trinajstić information content (AvgIpc) is 2.67. The first-order valence-electron chi connectivity index (χ1n) is 7.35. The van der Waals surface area contributed by atoms with Crippen LogP contribution in [0.4, 0.5) is 0 Å². The van der Waals surface area contributed by atoms with Crippen LogP contribution in [-0.4, -0.2) is 33.3 Å². The number of carbonyl (C=O) groups is 2. The molecule has 1 heterocycles. The minimum absolute atomic E-state index is 0.0736. The summed E-state index contributed by atoms with van der Waals surface area (Å²) in [5, 5.41) is 9.26. The Morgan fingerprint density at radius 3 is 2.12 bits per heavy atom. The molecule has 0 saturated carbocycles. The van der Waals surface area contributed by atoms with E-state index < -0.39 is 29.0 Å². The molecule has 2 aromatic rings. The van der Waals surface area contributed by atoms with Crippen LogP contribution in [0.5, 0.6) is 5.75 Å². The van der Waals surface area contributed by atoms with Crippen LogP contribution in [0.2, 0.25) is 0 Å². The predicted octanol–water partition coefficient (Wildman–Crippen LogP) is 1.62. The van der Waals surface area contributed by atoms with E-state index in [0.29, 0.717) is 11.3 Å². The van der Waals surface area contributed by atoms with Crippen molar-refractivity contribution in [2.75, 3.05) is 21.3 Å². The van der Waals surface area contributed by atoms with Crippen molar-refractivity contribution < 1.29 is 28.2 Å². The molecule has 0 radical (unpaired) electrons. The Balaban J connectivity index is 2.69. The van der Waals surface area contributed by atoms with Crippen LogP contribution in [0.3, 0.4) is 0 Å². The van der Waals surface area contributed by atoms with Crippen molar-refractivity contribution in [1.82, 2.24) is 0 Å². The van der Waals surface area contributed by atoms with Crippen molar-refractivity contribution in [2.24, 2.45) is 0 Å². The molecular weight excluding hydrogens is 342 g/mol. The summed E-state index contributed by atoms with van der Waals surface area (Å²) in [6.45, 7) is 0. The van der Waals surface area contributed by atoms with Crippen LogP contribution in [0.15, 0.2) is 39.5 Å². The molecule has 0 unspecified atom stereocenters. The van der Waals surface area contributed by atoms with E-state index >= 15 is 0 Å². The SMILES string of the molecule is COC(=O)C(C(=O)OC)c1cc(-c2ccc(OC)cc2)oc(=O)c1C#N. The van der Waals surface area contributed by atoms with Crippen molar-refractivity contribution in [3.63, 3.8) is 0 Å². The molecule has 0 saturated heterocycles. The summed E-state index contributed by atoms with van der Waals surface area (Å²) in [7, 11) is 3.67. The second kappa shape index (κ2) is 7.98. The van der Waals surface area contributed by atoms with Gasteiger partial charge in [-0.25, -0.2) is 4.79 Å². The highest BCUT2D eigenvalue weighted by Gasteiger charge is 2.34. The molecule has 0 aliphatic rings. The fraction of sp³-hybridized carbons (Fsp3) is 0.222. The van der Waals surface area contributed by atoms with Gasteiger partial charge in [-0.3, -0.25) is 9.59 Å². The highest BCUT2D eigenvalue weighted by atomic mass is 16.5. The molecule has 2 rings (SSSR count). The van der Waals surface area contributed by atoms with Crippen LogP contribution >= 0.6 is 0 Å². The third-order valence-electron chi connectivity index (χ3n) is 3.65. The number of carbonyl (C=O) groups excluding carboxylic acids is 2. The van der Waals surface area contributed by atoms with Crippen molar-refractivity contribution >= 4 is 11.9 Å². The summed E-state index contributed by atoms with van der Waals surface area (Å²) in [5.74, 6) is -2.84. The quantitative estimate of drug-likeness (QED) is 0.585. The second-order valence-electron chi connectivity index (χ2n) is 5.05. The number of nitrogens with zero attached hydrogens (tertiary/aromatic N) is 1. The normalized spacial score (nSPS) is 10.1. The summed E-state index contributed by atoms with van der Waals surface area (Å²) < 4.78 is 19.4. The molecule has 0 atom stereocenters. The van der Waals surface area contributed by atoms with E-state index in [1.807, 2.05) is 0 Å². The van der Waals surface area contributed by atoms with Crippen LogP contribution < -0.4 is 10.4 Å². The molecule has 0 spiro atoms. The minimum atomic E-state index is -1.58. The largest absolute Gasteiger partial charge is 0.497 e. The summed E-state index contributed by atoms with van der Waals surface area (Å²) in [6.07, 6.45) is 0. The second-order valence-corrected chi connectivity index (χ2v) is 5.05. The molecule has 0 aliphatic heterocycles. The molecule has 8 nitrogen and oxygen atoms in total. The van der Waals surface area contributed by atoms with Crippen molar-refractivity contribution in [1.29, 1.82) is 5.26 Å². The summed E-state index contributed by atoms with van der Waals surface area (Å²) in [4.78, 5) is 36.3. The molecule has 134 valence electrons. The van der Waals surface area contributed by atoms with Gasteiger partial charge in [-0.15, -0.1) is 0 Å². The van der Waals surface area contributed by atoms with E-state index in [0.717, 1.165) is 14.2 Å². The lowest BCUT2D eigenvalue weighted by Gasteiger charge is -2.14. The van der Waals surface area contributed by atoms with Gasteiger partial charge in [0, 0.05) is 11.1 Å². The number of hydrogen-bond acceptors (Lipinski definition) is 8. The van der Waals surface area contributed by atoms with E-state index in [9.17, 15) is 19.6 Å². The van der Waals surface area contributed by atoms with Gasteiger partial charge in [0.2, 0.25) is 0 Å². The molecule has 0 amide bonds. The van der Waals surface area contributed by atoms with Gasteiger partial charge in [0.05, 0.1) is 21.3 Å². The van der Waals surface area contributed by atoms with Gasteiger partial charge in [-0.1, -0.05) is 0 Å². The van der Waals surface area contributed by atoms with Crippen LogP contribution in [-0.2, 0) is 19.1 Å². The van der Waals surface area contributed by atoms with Crippen molar-refractivity contribution in [2.45, 2.75) is 5.92 Å². The smallest absolute Gasteiger partial charge is 0.354 e. The van der Waals surface area contributed by atoms with Gasteiger partial charge in [0.15, 0.2) is 5.92 Å². The monoisotopic (exact) mass is 357 g/mol. The molecule has 0 aliphatic carbocycles. The summed E-state index contributed by atoms with van der Waals surface area (Å²) >= 11 is 0. The molecule has 1 aromatic carbocycles. The zero-order chi connectivity index (χ0) is 19.3. The lowest BCUT2D eigenvalue weighted by molar-refractivity contribution is -0.154. The van der Waals surface area contributed by atoms with E-state index in [1.165, 1.54) is 13.2 Å². The Bertz CT molecular complexity index is 906. The molecule has 1 aromatic heterocycles. The number of esters is 2. The van der Waals surface area contributed by atoms with Crippen LogP contribution in [0.1, 0.15) is 17.0 Å². The Hall–Kier alpha value is -3.60. The Labute approximate surface area is 148 Å². The van der Waals surface area contributed by atoms with Gasteiger partial charge >= 0.3 is 17.6 Å². The predicted molar refractivity (Wildman–Crippen MR) is 88.5 cm³/mol. The van der Waals surface area contributed by atoms with Gasteiger partial charge in [0.1, 0.15) is 23.1 Å². The Morgan fingerprint density at radius 1 is 1.08 bits per heavy atom. The standard InChI is InChI=1S/C18H15NO7/c1-23-11-6-4-10(5-7-11)14-8-12(13(9-19)16(20)26-14)15(17(21)24-2)18(22)25-3/h4-8,15H,1-3H3. The Morgan fingerprint density at radius 2 is 1.65 bits per heavy atom. The molecule has 8 heteroatoms. The van der Waals surface area contributed by atoms with Gasteiger partial charge in [-0.2, -0.15) is 5.26 Å². The Kier molecular flexibility index (Phi) is 5.75.